The van der Waals surface area contributed by atoms with Gasteiger partial charge in [0, 0.05) is 20.6 Å². The molecule has 1 unspecified atom stereocenters. The predicted octanol–water partition coefficient (Wildman–Crippen LogP) is 4.20. The second-order valence-electron chi connectivity index (χ2n) is 8.04. The molecule has 2 aliphatic carbocycles. The van der Waals surface area contributed by atoms with Crippen LogP contribution in [0.2, 0.25) is 0 Å². The summed E-state index contributed by atoms with van der Waals surface area (Å²) in [5, 5.41) is 10.1. The lowest BCUT2D eigenvalue weighted by Gasteiger charge is -2.43. The first-order chi connectivity index (χ1) is 17.2. The van der Waals surface area contributed by atoms with Crippen molar-refractivity contribution in [2.75, 3.05) is 0 Å². The number of ether oxygens (including phenoxy) is 2. The van der Waals surface area contributed by atoms with Crippen molar-refractivity contribution in [1.29, 1.82) is 0 Å². The fraction of sp³-hybridized carbons (Fsp3) is 0.750. The lowest BCUT2D eigenvalue weighted by Crippen LogP contribution is -2.42. The summed E-state index contributed by atoms with van der Waals surface area (Å²) >= 11 is 0. The second kappa shape index (κ2) is 9.46. The Balaban J connectivity index is 2.10. The average Bonchev–Trinajstić information content (AvgIpc) is 2.82. The summed E-state index contributed by atoms with van der Waals surface area (Å²) in [5.74, 6) is -8.73. The largest absolute Gasteiger partial charge is 0.462 e. The first kappa shape index (κ1) is 12.9. The van der Waals surface area contributed by atoms with Crippen molar-refractivity contribution < 1.29 is 36.5 Å². The van der Waals surface area contributed by atoms with E-state index in [2.05, 4.69) is 0 Å². The van der Waals surface area contributed by atoms with Gasteiger partial charge >= 0.3 is 11.9 Å². The molecule has 3 aliphatic rings. The fourth-order valence-electron chi connectivity index (χ4n) is 3.96. The van der Waals surface area contributed by atoms with Gasteiger partial charge in [-0.1, -0.05) is 45.9 Å². The van der Waals surface area contributed by atoms with Crippen LogP contribution in [0.5, 0.6) is 0 Å². The maximum atomic E-state index is 12.9. The molecule has 0 aromatic carbocycles. The molecule has 1 heterocycles. The zero-order valence-corrected chi connectivity index (χ0v) is 17.4. The SMILES string of the molecule is [2H]C1=C([2H])[C@]([2H])(C)[C@H](CCC2C[C@@H](O)C([2H])([2H])C(=O)O2)[C@@H]2C1=C([2H])[C@]([2H])(C)C([2H])([2H])[C@@H]2OC(=O)[C@@H](C)CC. The number of fused-ring (bicyclic) bond motifs is 1. The van der Waals surface area contributed by atoms with E-state index in [0.29, 0.717) is 6.42 Å². The summed E-state index contributed by atoms with van der Waals surface area (Å²) < 4.78 is 87.4. The number of hydrogen-bond donors (Lipinski definition) is 1. The van der Waals surface area contributed by atoms with Crippen LogP contribution in [0.3, 0.4) is 0 Å². The Morgan fingerprint density at radius 2 is 2.24 bits per heavy atom. The van der Waals surface area contributed by atoms with Gasteiger partial charge in [0.2, 0.25) is 0 Å². The fourth-order valence-corrected chi connectivity index (χ4v) is 3.96. The van der Waals surface area contributed by atoms with Crippen molar-refractivity contribution in [3.63, 3.8) is 0 Å². The molecular weight excluding hydrogens is 368 g/mol. The van der Waals surface area contributed by atoms with Crippen LogP contribution in [0.25, 0.3) is 0 Å². The zero-order valence-electron chi connectivity index (χ0n) is 26.4. The summed E-state index contributed by atoms with van der Waals surface area (Å²) in [6.45, 7) is 5.92. The second-order valence-corrected chi connectivity index (χ2v) is 8.04. The highest BCUT2D eigenvalue weighted by Gasteiger charge is 2.42. The molecular formula is C24H36O5. The third kappa shape index (κ3) is 5.30. The van der Waals surface area contributed by atoms with E-state index in [4.69, 9.17) is 21.8 Å². The molecule has 1 N–H and O–H groups in total. The number of aliphatic hydroxyl groups excluding tert-OH is 1. The van der Waals surface area contributed by atoms with Crippen LogP contribution in [-0.4, -0.2) is 35.4 Å². The summed E-state index contributed by atoms with van der Waals surface area (Å²) in [4.78, 5) is 25.0. The molecule has 29 heavy (non-hydrogen) atoms. The molecule has 0 aromatic rings. The van der Waals surface area contributed by atoms with Gasteiger partial charge in [0.1, 0.15) is 12.2 Å². The van der Waals surface area contributed by atoms with Crippen LogP contribution in [0, 0.1) is 29.5 Å². The van der Waals surface area contributed by atoms with Crippen molar-refractivity contribution in [1.82, 2.24) is 0 Å². The summed E-state index contributed by atoms with van der Waals surface area (Å²) in [7, 11) is 0. The highest BCUT2D eigenvalue weighted by atomic mass is 16.5. The zero-order chi connectivity index (χ0) is 29.2. The first-order valence-corrected chi connectivity index (χ1v) is 10.2. The number of carbonyl (C=O) groups is 2. The highest BCUT2D eigenvalue weighted by Crippen LogP contribution is 2.45. The van der Waals surface area contributed by atoms with E-state index in [1.54, 1.807) is 13.8 Å². The summed E-state index contributed by atoms with van der Waals surface area (Å²) in [6.07, 6.45) is -9.09. The van der Waals surface area contributed by atoms with Crippen LogP contribution in [0.1, 0.15) is 78.5 Å². The van der Waals surface area contributed by atoms with E-state index in [1.807, 2.05) is 0 Å². The average molecular weight is 414 g/mol. The maximum Gasteiger partial charge on any atom is 0.308 e. The van der Waals surface area contributed by atoms with E-state index in [-0.39, 0.29) is 24.8 Å². The van der Waals surface area contributed by atoms with E-state index in [1.165, 1.54) is 13.8 Å². The normalized spacial score (nSPS) is 52.0. The molecule has 1 saturated heterocycles. The number of cyclic esters (lactones) is 1. The Morgan fingerprint density at radius 3 is 2.93 bits per heavy atom. The molecule has 5 heteroatoms. The van der Waals surface area contributed by atoms with Gasteiger partial charge in [-0.2, -0.15) is 0 Å². The number of allylic oxidation sites excluding steroid dienone is 3. The molecule has 0 amide bonds. The number of hydrogen-bond acceptors (Lipinski definition) is 5. The van der Waals surface area contributed by atoms with Gasteiger partial charge in [-0.25, -0.2) is 0 Å². The maximum absolute atomic E-state index is 12.9. The molecule has 0 aromatic heterocycles. The minimum atomic E-state index is -2.58. The Morgan fingerprint density at radius 1 is 1.48 bits per heavy atom. The van der Waals surface area contributed by atoms with E-state index < -0.39 is 90.7 Å². The minimum Gasteiger partial charge on any atom is -0.462 e. The van der Waals surface area contributed by atoms with Crippen molar-refractivity contribution in [2.24, 2.45) is 29.5 Å². The molecule has 3 rings (SSSR count). The van der Waals surface area contributed by atoms with E-state index in [9.17, 15) is 14.7 Å². The molecule has 162 valence electrons. The number of carbonyl (C=O) groups excluding carboxylic acids is 2. The number of rotatable bonds is 6. The number of esters is 2. The third-order valence-corrected chi connectivity index (χ3v) is 5.83. The standard InChI is InChI=1S/C24H36O5/c1-5-15(3)24(27)29-21-11-14(2)10-17-7-6-16(4)20(23(17)21)9-8-19-12-18(25)13-22(26)28-19/h6-7,10,14-16,18-21,23,25H,5,8-9,11-13H2,1-4H3/t14-,15-,16-,18+,19?,20-,21-,23-/m0/s1/i6D,7D,10D,11D2,13D2,14D,16D. The number of aliphatic hydroxyl groups is 1. The van der Waals surface area contributed by atoms with Crippen LogP contribution in [0.15, 0.2) is 23.7 Å². The van der Waals surface area contributed by atoms with E-state index in [0.717, 1.165) is 0 Å². The van der Waals surface area contributed by atoms with Crippen molar-refractivity contribution in [3.8, 4) is 0 Å². The molecule has 0 bridgehead atoms. The molecule has 0 saturated carbocycles. The van der Waals surface area contributed by atoms with Gasteiger partial charge < -0.3 is 14.6 Å². The Labute approximate surface area is 187 Å². The van der Waals surface area contributed by atoms with Gasteiger partial charge in [0.15, 0.2) is 0 Å². The molecule has 1 fully saturated rings. The summed E-state index contributed by atoms with van der Waals surface area (Å²) in [6, 6.07) is -1.42. The molecule has 5 nitrogen and oxygen atoms in total. The smallest absolute Gasteiger partial charge is 0.308 e. The van der Waals surface area contributed by atoms with Gasteiger partial charge in [-0.3, -0.25) is 9.59 Å². The first-order valence-electron chi connectivity index (χ1n) is 14.7. The molecule has 8 atom stereocenters. The van der Waals surface area contributed by atoms with Gasteiger partial charge in [0.05, 0.1) is 22.5 Å². The molecule has 0 spiro atoms. The highest BCUT2D eigenvalue weighted by molar-refractivity contribution is 5.72. The van der Waals surface area contributed by atoms with Crippen LogP contribution < -0.4 is 0 Å². The predicted molar refractivity (Wildman–Crippen MR) is 111 cm³/mol. The van der Waals surface area contributed by atoms with Gasteiger partial charge in [-0.05, 0) is 48.9 Å². The lowest BCUT2D eigenvalue weighted by atomic mass is 9.65. The Kier molecular flexibility index (Phi) is 4.22. The van der Waals surface area contributed by atoms with Gasteiger partial charge in [-0.15, -0.1) is 0 Å². The lowest BCUT2D eigenvalue weighted by molar-refractivity contribution is -0.162. The molecule has 0 radical (unpaired) electrons. The quantitative estimate of drug-likeness (QED) is 0.661. The van der Waals surface area contributed by atoms with Crippen LogP contribution >= 0.6 is 0 Å². The van der Waals surface area contributed by atoms with Crippen molar-refractivity contribution in [2.45, 2.75) is 84.4 Å². The van der Waals surface area contributed by atoms with Crippen molar-refractivity contribution >= 4 is 11.9 Å². The monoisotopic (exact) mass is 413 g/mol. The Hall–Kier alpha value is -1.62. The topological polar surface area (TPSA) is 72.8 Å². The Bertz CT molecular complexity index is 1050. The van der Waals surface area contributed by atoms with E-state index >= 15 is 0 Å². The van der Waals surface area contributed by atoms with Crippen molar-refractivity contribution in [3.05, 3.63) is 23.7 Å². The minimum absolute atomic E-state index is 0.00699. The van der Waals surface area contributed by atoms with Crippen LogP contribution in [-0.2, 0) is 19.1 Å². The molecule has 1 aliphatic heterocycles. The van der Waals surface area contributed by atoms with Gasteiger partial charge in [0.25, 0.3) is 0 Å². The summed E-state index contributed by atoms with van der Waals surface area (Å²) in [5.41, 5.74) is -0.115. The van der Waals surface area contributed by atoms with Crippen LogP contribution in [0.4, 0.5) is 0 Å². The third-order valence-electron chi connectivity index (χ3n) is 5.83.